The van der Waals surface area contributed by atoms with E-state index < -0.39 is 0 Å². The smallest absolute Gasteiger partial charge is 0.234 e. The summed E-state index contributed by atoms with van der Waals surface area (Å²) >= 11 is 19.2. The highest BCUT2D eigenvalue weighted by atomic mass is 35.5. The molecule has 3 aromatic rings. The molecule has 0 fully saturated rings. The number of furan rings is 1. The van der Waals surface area contributed by atoms with Gasteiger partial charge in [-0.1, -0.05) is 52.6 Å². The van der Waals surface area contributed by atoms with Gasteiger partial charge in [0.2, 0.25) is 5.91 Å². The molecule has 1 aromatic carbocycles. The van der Waals surface area contributed by atoms with Gasteiger partial charge in [-0.25, -0.2) is 0 Å². The van der Waals surface area contributed by atoms with Crippen molar-refractivity contribution in [3.8, 4) is 11.4 Å². The number of amides is 1. The quantitative estimate of drug-likeness (QED) is 0.279. The van der Waals surface area contributed by atoms with Gasteiger partial charge in [0, 0.05) is 6.54 Å². The molecule has 2 heterocycles. The molecule has 0 saturated heterocycles. The number of hydrogen-bond acceptors (Lipinski definition) is 5. The van der Waals surface area contributed by atoms with E-state index in [1.165, 1.54) is 23.9 Å². The molecule has 1 amide bonds. The highest BCUT2D eigenvalue weighted by Crippen LogP contribution is 2.32. The fourth-order valence-electron chi connectivity index (χ4n) is 2.44. The lowest BCUT2D eigenvalue weighted by Gasteiger charge is -2.09. The zero-order valence-electron chi connectivity index (χ0n) is 14.7. The maximum absolute atomic E-state index is 12.3. The van der Waals surface area contributed by atoms with Gasteiger partial charge in [-0.2, -0.15) is 0 Å². The Bertz CT molecular complexity index is 1030. The number of halogens is 3. The van der Waals surface area contributed by atoms with E-state index >= 15 is 0 Å². The van der Waals surface area contributed by atoms with E-state index in [9.17, 15) is 4.79 Å². The molecule has 0 bridgehead atoms. The van der Waals surface area contributed by atoms with E-state index in [4.69, 9.17) is 39.2 Å². The summed E-state index contributed by atoms with van der Waals surface area (Å²) in [6, 6.07) is 4.82. The molecule has 10 heteroatoms. The van der Waals surface area contributed by atoms with Crippen LogP contribution in [0.2, 0.25) is 15.1 Å². The Morgan fingerprint density at radius 2 is 2.04 bits per heavy atom. The number of thioether (sulfide) groups is 1. The van der Waals surface area contributed by atoms with Gasteiger partial charge < -0.3 is 9.73 Å². The molecule has 28 heavy (non-hydrogen) atoms. The normalized spacial score (nSPS) is 10.9. The monoisotopic (exact) mass is 456 g/mol. The van der Waals surface area contributed by atoms with Gasteiger partial charge >= 0.3 is 0 Å². The van der Waals surface area contributed by atoms with Crippen LogP contribution in [0.5, 0.6) is 0 Å². The van der Waals surface area contributed by atoms with E-state index in [1.807, 2.05) is 17.6 Å². The van der Waals surface area contributed by atoms with Crippen LogP contribution in [0.15, 0.2) is 46.7 Å². The van der Waals surface area contributed by atoms with Gasteiger partial charge in [-0.05, 0) is 25.1 Å². The molecule has 146 valence electrons. The lowest BCUT2D eigenvalue weighted by Crippen LogP contribution is -2.15. The minimum atomic E-state index is -0.264. The molecule has 6 nitrogen and oxygen atoms in total. The zero-order valence-corrected chi connectivity index (χ0v) is 17.8. The Morgan fingerprint density at radius 1 is 1.29 bits per heavy atom. The molecule has 0 aliphatic heterocycles. The number of carbonyl (C=O) groups is 1. The maximum atomic E-state index is 12.3. The molecule has 0 aliphatic rings. The molecule has 1 N–H and O–H groups in total. The van der Waals surface area contributed by atoms with Crippen LogP contribution >= 0.6 is 46.6 Å². The van der Waals surface area contributed by atoms with Gasteiger partial charge in [0.1, 0.15) is 5.76 Å². The van der Waals surface area contributed by atoms with Crippen molar-refractivity contribution in [1.82, 2.24) is 14.8 Å². The number of aromatic nitrogens is 3. The molecule has 0 saturated carbocycles. The summed E-state index contributed by atoms with van der Waals surface area (Å²) in [6.07, 6.45) is 3.33. The van der Waals surface area contributed by atoms with Gasteiger partial charge in [-0.3, -0.25) is 9.36 Å². The minimum Gasteiger partial charge on any atom is -0.469 e. The van der Waals surface area contributed by atoms with E-state index in [0.717, 1.165) is 11.3 Å². The van der Waals surface area contributed by atoms with E-state index in [0.29, 0.717) is 38.3 Å². The Balaban J connectivity index is 1.73. The van der Waals surface area contributed by atoms with Crippen molar-refractivity contribution >= 4 is 58.2 Å². The molecule has 0 spiro atoms. The first kappa shape index (κ1) is 20.8. The third-order valence-corrected chi connectivity index (χ3v) is 5.75. The molecular weight excluding hydrogens is 443 g/mol. The van der Waals surface area contributed by atoms with Crippen LogP contribution in [0, 0.1) is 6.92 Å². The fraction of sp³-hybridized carbons (Fsp3) is 0.167. The number of allylic oxidation sites excluding steroid dienone is 1. The lowest BCUT2D eigenvalue weighted by atomic mass is 10.2. The number of rotatable bonds is 7. The van der Waals surface area contributed by atoms with Gasteiger partial charge in [0.15, 0.2) is 11.0 Å². The summed E-state index contributed by atoms with van der Waals surface area (Å²) in [6.45, 7) is 6.12. The van der Waals surface area contributed by atoms with Crippen molar-refractivity contribution in [1.29, 1.82) is 0 Å². The van der Waals surface area contributed by atoms with Gasteiger partial charge in [-0.15, -0.1) is 16.8 Å². The second kappa shape index (κ2) is 9.05. The van der Waals surface area contributed by atoms with Crippen molar-refractivity contribution in [2.45, 2.75) is 18.6 Å². The van der Waals surface area contributed by atoms with E-state index in [2.05, 4.69) is 22.1 Å². The van der Waals surface area contributed by atoms with Crippen LogP contribution in [-0.2, 0) is 11.3 Å². The topological polar surface area (TPSA) is 73.0 Å². The van der Waals surface area contributed by atoms with Crippen LogP contribution in [0.4, 0.5) is 5.69 Å². The molecule has 0 unspecified atom stereocenters. The Morgan fingerprint density at radius 3 is 2.71 bits per heavy atom. The molecule has 0 atom stereocenters. The van der Waals surface area contributed by atoms with Crippen molar-refractivity contribution in [3.63, 3.8) is 0 Å². The third-order valence-electron chi connectivity index (χ3n) is 3.74. The summed E-state index contributed by atoms with van der Waals surface area (Å²) in [5, 5.41) is 12.7. The first-order chi connectivity index (χ1) is 13.4. The summed E-state index contributed by atoms with van der Waals surface area (Å²) in [5.41, 5.74) is 1.23. The summed E-state index contributed by atoms with van der Waals surface area (Å²) < 4.78 is 7.21. The van der Waals surface area contributed by atoms with Crippen LogP contribution in [0.25, 0.3) is 11.4 Å². The number of hydrogen-bond donors (Lipinski definition) is 1. The molecule has 0 radical (unpaired) electrons. The van der Waals surface area contributed by atoms with Crippen LogP contribution in [-0.4, -0.2) is 26.4 Å². The molecule has 3 rings (SSSR count). The fourth-order valence-corrected chi connectivity index (χ4v) is 3.78. The highest BCUT2D eigenvalue weighted by molar-refractivity contribution is 7.99. The minimum absolute atomic E-state index is 0.107. The average molecular weight is 458 g/mol. The Kier molecular flexibility index (Phi) is 6.72. The largest absolute Gasteiger partial charge is 0.469 e. The number of benzene rings is 1. The summed E-state index contributed by atoms with van der Waals surface area (Å²) in [7, 11) is 0. The first-order valence-corrected chi connectivity index (χ1v) is 10.2. The SMILES string of the molecule is C=CCn1c(SCC(=O)Nc2cc(Cl)c(Cl)cc2Cl)nnc1-c1ccoc1C. The van der Waals surface area contributed by atoms with Crippen molar-refractivity contribution < 1.29 is 9.21 Å². The third kappa shape index (κ3) is 4.55. The molecular formula is C18H15Cl3N4O2S. The predicted octanol–water partition coefficient (Wildman–Crippen LogP) is 5.72. The average Bonchev–Trinajstić information content (AvgIpc) is 3.24. The lowest BCUT2D eigenvalue weighted by molar-refractivity contribution is -0.113. The standard InChI is InChI=1S/C18H15Cl3N4O2S/c1-3-5-25-17(11-4-6-27-10(11)2)23-24-18(25)28-9-16(26)22-15-8-13(20)12(19)7-14(15)21/h3-4,6-8H,1,5,9H2,2H3,(H,22,26). The summed E-state index contributed by atoms with van der Waals surface area (Å²) in [4.78, 5) is 12.3. The Labute approximate surface area is 180 Å². The van der Waals surface area contributed by atoms with Gasteiger partial charge in [0.05, 0.1) is 38.3 Å². The van der Waals surface area contributed by atoms with Crippen LogP contribution in [0.1, 0.15) is 5.76 Å². The number of nitrogens with one attached hydrogen (secondary N) is 1. The second-order valence-corrected chi connectivity index (χ2v) is 7.84. The zero-order chi connectivity index (χ0) is 20.3. The van der Waals surface area contributed by atoms with Crippen molar-refractivity contribution in [2.24, 2.45) is 0 Å². The highest BCUT2D eigenvalue weighted by Gasteiger charge is 2.18. The van der Waals surface area contributed by atoms with Crippen molar-refractivity contribution in [3.05, 3.63) is 57.9 Å². The second-order valence-electron chi connectivity index (χ2n) is 5.68. The summed E-state index contributed by atoms with van der Waals surface area (Å²) in [5.74, 6) is 1.23. The van der Waals surface area contributed by atoms with E-state index in [1.54, 1.807) is 12.3 Å². The first-order valence-electron chi connectivity index (χ1n) is 8.06. The Hall–Kier alpha value is -1.93. The van der Waals surface area contributed by atoms with Gasteiger partial charge in [0.25, 0.3) is 0 Å². The van der Waals surface area contributed by atoms with Crippen LogP contribution in [0.3, 0.4) is 0 Å². The molecule has 0 aliphatic carbocycles. The predicted molar refractivity (Wildman–Crippen MR) is 113 cm³/mol. The number of carbonyl (C=O) groups excluding carboxylic acids is 1. The molecule has 2 aromatic heterocycles. The van der Waals surface area contributed by atoms with E-state index in [-0.39, 0.29) is 11.7 Å². The number of anilines is 1. The number of nitrogens with zero attached hydrogens (tertiary/aromatic N) is 3. The maximum Gasteiger partial charge on any atom is 0.234 e. The van der Waals surface area contributed by atoms with Crippen molar-refractivity contribution in [2.75, 3.05) is 11.1 Å². The number of aryl methyl sites for hydroxylation is 1. The van der Waals surface area contributed by atoms with Crippen LogP contribution < -0.4 is 5.32 Å².